The zero-order valence-corrected chi connectivity index (χ0v) is 10.9. The largest absolute Gasteiger partial charge is 0.465 e. The summed E-state index contributed by atoms with van der Waals surface area (Å²) in [6, 6.07) is 4.30. The van der Waals surface area contributed by atoms with Gasteiger partial charge in [-0.2, -0.15) is 0 Å². The van der Waals surface area contributed by atoms with E-state index in [1.165, 1.54) is 16.7 Å². The molecule has 1 N–H and O–H groups in total. The maximum atomic E-state index is 11.5. The Labute approximate surface area is 111 Å². The van der Waals surface area contributed by atoms with Gasteiger partial charge in [-0.25, -0.2) is 0 Å². The Bertz CT molecular complexity index is 704. The molecule has 0 aliphatic heterocycles. The van der Waals surface area contributed by atoms with Crippen LogP contribution in [0.1, 0.15) is 6.92 Å². The van der Waals surface area contributed by atoms with Crippen molar-refractivity contribution in [3.63, 3.8) is 0 Å². The predicted molar refractivity (Wildman–Crippen MR) is 69.0 cm³/mol. The summed E-state index contributed by atoms with van der Waals surface area (Å²) < 4.78 is 6.91. The lowest BCUT2D eigenvalue weighted by Crippen LogP contribution is -2.20. The van der Waals surface area contributed by atoms with Gasteiger partial charge in [0.1, 0.15) is 6.54 Å². The van der Waals surface area contributed by atoms with E-state index in [-0.39, 0.29) is 23.6 Å². The molecule has 0 aliphatic carbocycles. The molecule has 0 saturated heterocycles. The molecule has 0 atom stereocenters. The minimum absolute atomic E-state index is 0.0305. The van der Waals surface area contributed by atoms with Gasteiger partial charge in [0.05, 0.1) is 21.7 Å². The number of aromatic nitrogens is 1. The fraction of sp³-hybridized carbons (Fsp3) is 0.273. The van der Waals surface area contributed by atoms with Crippen LogP contribution in [0, 0.1) is 15.5 Å². The van der Waals surface area contributed by atoms with Crippen LogP contribution in [0.25, 0.3) is 10.2 Å². The molecule has 100 valence electrons. The SMILES string of the molecule is CCOC(=O)Cn1c(=N)sc2cc([N+](=O)[O-])ccc21. The average Bonchev–Trinajstić information content (AvgIpc) is 2.65. The maximum Gasteiger partial charge on any atom is 0.326 e. The smallest absolute Gasteiger partial charge is 0.326 e. The topological polar surface area (TPSA) is 98.2 Å². The van der Waals surface area contributed by atoms with E-state index in [2.05, 4.69) is 0 Å². The lowest BCUT2D eigenvalue weighted by atomic mass is 10.3. The van der Waals surface area contributed by atoms with Crippen LogP contribution in [-0.4, -0.2) is 22.1 Å². The minimum atomic E-state index is -0.488. The lowest BCUT2D eigenvalue weighted by Gasteiger charge is -2.04. The number of benzene rings is 1. The number of nitrogens with zero attached hydrogens (tertiary/aromatic N) is 2. The number of nitro groups is 1. The van der Waals surface area contributed by atoms with Crippen LogP contribution >= 0.6 is 11.3 Å². The molecule has 0 radical (unpaired) electrons. The van der Waals surface area contributed by atoms with Crippen molar-refractivity contribution in [2.45, 2.75) is 13.5 Å². The minimum Gasteiger partial charge on any atom is -0.465 e. The third-order valence-electron chi connectivity index (χ3n) is 2.49. The zero-order chi connectivity index (χ0) is 14.0. The van der Waals surface area contributed by atoms with Gasteiger partial charge in [0, 0.05) is 12.1 Å². The fourth-order valence-electron chi connectivity index (χ4n) is 1.68. The number of carbonyl (C=O) groups excluding carboxylic acids is 1. The standard InChI is InChI=1S/C11H11N3O4S/c1-2-18-10(15)6-13-8-4-3-7(14(16)17)5-9(8)19-11(13)12/h3-5,12H,2,6H2,1H3. The fourth-order valence-corrected chi connectivity index (χ4v) is 2.63. The van der Waals surface area contributed by atoms with E-state index in [0.717, 1.165) is 11.3 Å². The summed E-state index contributed by atoms with van der Waals surface area (Å²) in [7, 11) is 0. The van der Waals surface area contributed by atoms with Gasteiger partial charge in [0.2, 0.25) is 0 Å². The number of thiazole rings is 1. The highest BCUT2D eigenvalue weighted by Crippen LogP contribution is 2.23. The molecule has 0 spiro atoms. The maximum absolute atomic E-state index is 11.5. The first-order chi connectivity index (χ1) is 9.02. The highest BCUT2D eigenvalue weighted by Gasteiger charge is 2.13. The van der Waals surface area contributed by atoms with Gasteiger partial charge in [0.15, 0.2) is 4.80 Å². The van der Waals surface area contributed by atoms with Crippen molar-refractivity contribution in [3.8, 4) is 0 Å². The van der Waals surface area contributed by atoms with Gasteiger partial charge < -0.3 is 9.30 Å². The second-order valence-electron chi connectivity index (χ2n) is 3.71. The molecule has 0 aliphatic rings. The van der Waals surface area contributed by atoms with Crippen LogP contribution in [-0.2, 0) is 16.1 Å². The first-order valence-corrected chi connectivity index (χ1v) is 6.32. The number of non-ortho nitro benzene ring substituents is 1. The highest BCUT2D eigenvalue weighted by atomic mass is 32.1. The zero-order valence-electron chi connectivity index (χ0n) is 10.1. The van der Waals surface area contributed by atoms with Gasteiger partial charge in [-0.1, -0.05) is 11.3 Å². The quantitative estimate of drug-likeness (QED) is 0.523. The van der Waals surface area contributed by atoms with E-state index in [1.807, 2.05) is 0 Å². The number of esters is 1. The van der Waals surface area contributed by atoms with Crippen LogP contribution in [0.4, 0.5) is 5.69 Å². The molecule has 19 heavy (non-hydrogen) atoms. The molecule has 1 aromatic carbocycles. The van der Waals surface area contributed by atoms with E-state index in [4.69, 9.17) is 10.1 Å². The van der Waals surface area contributed by atoms with Gasteiger partial charge in [-0.3, -0.25) is 20.3 Å². The molecule has 2 rings (SSSR count). The van der Waals surface area contributed by atoms with Crippen LogP contribution in [0.5, 0.6) is 0 Å². The van der Waals surface area contributed by atoms with Gasteiger partial charge in [-0.05, 0) is 13.0 Å². The Morgan fingerprint density at radius 2 is 2.32 bits per heavy atom. The lowest BCUT2D eigenvalue weighted by molar-refractivity contribution is -0.384. The molecule has 7 nitrogen and oxygen atoms in total. The van der Waals surface area contributed by atoms with E-state index in [0.29, 0.717) is 10.2 Å². The average molecular weight is 281 g/mol. The third-order valence-corrected chi connectivity index (χ3v) is 3.45. The van der Waals surface area contributed by atoms with E-state index < -0.39 is 10.9 Å². The summed E-state index contributed by atoms with van der Waals surface area (Å²) in [6.07, 6.45) is 0. The second kappa shape index (κ2) is 5.19. The molecule has 0 amide bonds. The number of hydrogen-bond donors (Lipinski definition) is 1. The Balaban J connectivity index is 2.45. The monoisotopic (exact) mass is 281 g/mol. The number of nitrogens with one attached hydrogen (secondary N) is 1. The normalized spacial score (nSPS) is 10.6. The van der Waals surface area contributed by atoms with Gasteiger partial charge >= 0.3 is 5.97 Å². The Hall–Kier alpha value is -2.22. The summed E-state index contributed by atoms with van der Waals surface area (Å²) in [5.74, 6) is -0.431. The number of ether oxygens (including phenoxy) is 1. The van der Waals surface area contributed by atoms with Crippen molar-refractivity contribution in [1.29, 1.82) is 5.41 Å². The summed E-state index contributed by atoms with van der Waals surface area (Å²) in [6.45, 7) is 1.92. The predicted octanol–water partition coefficient (Wildman–Crippen LogP) is 1.65. The van der Waals surface area contributed by atoms with Crippen LogP contribution in [0.3, 0.4) is 0 Å². The molecule has 1 aromatic heterocycles. The highest BCUT2D eigenvalue weighted by molar-refractivity contribution is 7.16. The van der Waals surface area contributed by atoms with Gasteiger partial charge in [-0.15, -0.1) is 0 Å². The number of hydrogen-bond acceptors (Lipinski definition) is 6. The number of carbonyl (C=O) groups is 1. The van der Waals surface area contributed by atoms with Crippen molar-refractivity contribution in [2.75, 3.05) is 6.61 Å². The van der Waals surface area contributed by atoms with Crippen molar-refractivity contribution in [1.82, 2.24) is 4.57 Å². The Kier molecular flexibility index (Phi) is 3.61. The third kappa shape index (κ3) is 2.63. The molecular weight excluding hydrogens is 270 g/mol. The van der Waals surface area contributed by atoms with Crippen molar-refractivity contribution >= 4 is 33.2 Å². The van der Waals surface area contributed by atoms with Crippen LogP contribution < -0.4 is 4.80 Å². The molecule has 0 unspecified atom stereocenters. The first-order valence-electron chi connectivity index (χ1n) is 5.51. The van der Waals surface area contributed by atoms with Crippen LogP contribution in [0.15, 0.2) is 18.2 Å². The number of rotatable bonds is 4. The van der Waals surface area contributed by atoms with E-state index in [9.17, 15) is 14.9 Å². The molecular formula is C11H11N3O4S. The van der Waals surface area contributed by atoms with Gasteiger partial charge in [0.25, 0.3) is 5.69 Å². The first kappa shape index (κ1) is 13.2. The summed E-state index contributed by atoms with van der Waals surface area (Å²) in [5.41, 5.74) is 0.589. The molecule has 2 aromatic rings. The summed E-state index contributed by atoms with van der Waals surface area (Å²) in [4.78, 5) is 21.8. The van der Waals surface area contributed by atoms with E-state index in [1.54, 1.807) is 13.0 Å². The second-order valence-corrected chi connectivity index (χ2v) is 4.74. The van der Waals surface area contributed by atoms with Crippen molar-refractivity contribution < 1.29 is 14.5 Å². The molecule has 1 heterocycles. The molecule has 0 saturated carbocycles. The van der Waals surface area contributed by atoms with Crippen molar-refractivity contribution in [2.24, 2.45) is 0 Å². The van der Waals surface area contributed by atoms with E-state index >= 15 is 0 Å². The molecule has 0 fully saturated rings. The number of fused-ring (bicyclic) bond motifs is 1. The Morgan fingerprint density at radius 3 is 2.95 bits per heavy atom. The molecule has 8 heteroatoms. The molecule has 0 bridgehead atoms. The van der Waals surface area contributed by atoms with Crippen molar-refractivity contribution in [3.05, 3.63) is 33.1 Å². The summed E-state index contributed by atoms with van der Waals surface area (Å²) in [5, 5.41) is 18.5. The summed E-state index contributed by atoms with van der Waals surface area (Å²) >= 11 is 1.09. The Morgan fingerprint density at radius 1 is 1.58 bits per heavy atom. The number of nitro benzene ring substituents is 1. The van der Waals surface area contributed by atoms with Crippen LogP contribution in [0.2, 0.25) is 0 Å².